The number of nitrogens with two attached hydrogens (primary N) is 1. The molecule has 90 valence electrons. The molecule has 1 heterocycles. The molecule has 2 N–H and O–H groups in total. The van der Waals surface area contributed by atoms with Gasteiger partial charge >= 0.3 is 0 Å². The Morgan fingerprint density at radius 1 is 1.24 bits per heavy atom. The molecular formula is C10H7BrF3N3. The van der Waals surface area contributed by atoms with Crippen LogP contribution in [0.5, 0.6) is 0 Å². The van der Waals surface area contributed by atoms with Gasteiger partial charge in [0.2, 0.25) is 0 Å². The summed E-state index contributed by atoms with van der Waals surface area (Å²) in [5.74, 6) is -3.09. The maximum Gasteiger partial charge on any atom is 0.176 e. The summed E-state index contributed by atoms with van der Waals surface area (Å²) in [7, 11) is 1.54. The Labute approximate surface area is 103 Å². The van der Waals surface area contributed by atoms with E-state index in [9.17, 15) is 13.2 Å². The Morgan fingerprint density at radius 2 is 1.88 bits per heavy atom. The summed E-state index contributed by atoms with van der Waals surface area (Å²) in [5, 5.41) is 3.86. The van der Waals surface area contributed by atoms with Crippen LogP contribution in [0.4, 0.5) is 19.0 Å². The first-order valence-electron chi connectivity index (χ1n) is 4.54. The highest BCUT2D eigenvalue weighted by Crippen LogP contribution is 2.30. The molecule has 1 aromatic carbocycles. The van der Waals surface area contributed by atoms with Crippen LogP contribution >= 0.6 is 15.9 Å². The van der Waals surface area contributed by atoms with Gasteiger partial charge in [-0.2, -0.15) is 5.10 Å². The Hall–Kier alpha value is -1.50. The topological polar surface area (TPSA) is 43.8 Å². The zero-order valence-electron chi connectivity index (χ0n) is 8.64. The first-order valence-corrected chi connectivity index (χ1v) is 5.34. The number of aromatic nitrogens is 2. The minimum absolute atomic E-state index is 0.0767. The minimum atomic E-state index is -1.29. The maximum absolute atomic E-state index is 13.6. The molecule has 0 fully saturated rings. The molecule has 0 aliphatic carbocycles. The molecule has 0 bridgehead atoms. The molecule has 2 rings (SSSR count). The second-order valence-electron chi connectivity index (χ2n) is 3.43. The van der Waals surface area contributed by atoms with Gasteiger partial charge in [0.25, 0.3) is 0 Å². The third-order valence-corrected chi connectivity index (χ3v) is 3.02. The highest BCUT2D eigenvalue weighted by atomic mass is 79.9. The van der Waals surface area contributed by atoms with Crippen molar-refractivity contribution in [2.24, 2.45) is 7.05 Å². The quantitative estimate of drug-likeness (QED) is 0.650. The van der Waals surface area contributed by atoms with Crippen molar-refractivity contribution in [1.82, 2.24) is 9.78 Å². The Kier molecular flexibility index (Phi) is 2.86. The highest BCUT2D eigenvalue weighted by Gasteiger charge is 2.19. The average Bonchev–Trinajstić information content (AvgIpc) is 2.61. The number of rotatable bonds is 1. The van der Waals surface area contributed by atoms with Crippen LogP contribution in [0.25, 0.3) is 11.3 Å². The molecule has 0 saturated carbocycles. The molecule has 0 aliphatic heterocycles. The van der Waals surface area contributed by atoms with Crippen molar-refractivity contribution >= 4 is 21.7 Å². The molecule has 2 aromatic rings. The second kappa shape index (κ2) is 4.06. The van der Waals surface area contributed by atoms with Gasteiger partial charge in [-0.05, 0) is 22.0 Å². The fourth-order valence-electron chi connectivity index (χ4n) is 1.37. The van der Waals surface area contributed by atoms with E-state index in [0.29, 0.717) is 0 Å². The third-order valence-electron chi connectivity index (χ3n) is 2.29. The summed E-state index contributed by atoms with van der Waals surface area (Å²) in [4.78, 5) is 0. The molecule has 0 saturated heterocycles. The van der Waals surface area contributed by atoms with Crippen molar-refractivity contribution < 1.29 is 13.2 Å². The molecule has 0 amide bonds. The first kappa shape index (κ1) is 12.0. The number of nitrogen functional groups attached to an aromatic ring is 1. The van der Waals surface area contributed by atoms with Crippen molar-refractivity contribution in [3.05, 3.63) is 34.1 Å². The lowest BCUT2D eigenvalue weighted by Crippen LogP contribution is -1.98. The lowest BCUT2D eigenvalue weighted by Gasteiger charge is -2.03. The van der Waals surface area contributed by atoms with E-state index < -0.39 is 21.9 Å². The summed E-state index contributed by atoms with van der Waals surface area (Å²) >= 11 is 2.62. The fraction of sp³-hybridized carbons (Fsp3) is 0.100. The van der Waals surface area contributed by atoms with Crippen LogP contribution in [0.15, 0.2) is 16.6 Å². The van der Waals surface area contributed by atoms with Gasteiger partial charge in [0.15, 0.2) is 11.6 Å². The van der Waals surface area contributed by atoms with E-state index in [4.69, 9.17) is 5.73 Å². The van der Waals surface area contributed by atoms with Crippen LogP contribution in [-0.2, 0) is 7.05 Å². The van der Waals surface area contributed by atoms with Gasteiger partial charge in [0.05, 0.1) is 10.2 Å². The third kappa shape index (κ3) is 1.90. The van der Waals surface area contributed by atoms with Gasteiger partial charge in [0.1, 0.15) is 11.6 Å². The number of aryl methyl sites for hydroxylation is 1. The highest BCUT2D eigenvalue weighted by molar-refractivity contribution is 9.10. The summed E-state index contributed by atoms with van der Waals surface area (Å²) < 4.78 is 41.0. The summed E-state index contributed by atoms with van der Waals surface area (Å²) in [6.45, 7) is 0. The molecular weight excluding hydrogens is 299 g/mol. The van der Waals surface area contributed by atoms with E-state index >= 15 is 0 Å². The molecule has 0 unspecified atom stereocenters. The van der Waals surface area contributed by atoms with Crippen LogP contribution in [0.1, 0.15) is 0 Å². The van der Waals surface area contributed by atoms with Gasteiger partial charge in [-0.15, -0.1) is 0 Å². The Morgan fingerprint density at radius 3 is 2.41 bits per heavy atom. The molecule has 1 aromatic heterocycles. The number of anilines is 1. The minimum Gasteiger partial charge on any atom is -0.384 e. The smallest absolute Gasteiger partial charge is 0.176 e. The Bertz CT molecular complexity index is 575. The lowest BCUT2D eigenvalue weighted by atomic mass is 10.1. The van der Waals surface area contributed by atoms with Gasteiger partial charge in [0, 0.05) is 18.7 Å². The maximum atomic E-state index is 13.6. The van der Waals surface area contributed by atoms with E-state index in [2.05, 4.69) is 21.0 Å². The first-order chi connectivity index (χ1) is 7.91. The summed E-state index contributed by atoms with van der Waals surface area (Å²) in [6.07, 6.45) is 0. The predicted octanol–water partition coefficient (Wildman–Crippen LogP) is 2.85. The van der Waals surface area contributed by atoms with Gasteiger partial charge < -0.3 is 5.73 Å². The zero-order chi connectivity index (χ0) is 12.7. The van der Waals surface area contributed by atoms with Crippen LogP contribution < -0.4 is 5.73 Å². The average molecular weight is 306 g/mol. The molecule has 0 aliphatic rings. The number of hydrogen-bond donors (Lipinski definition) is 1. The molecule has 0 atom stereocenters. The SMILES string of the molecule is Cn1nc(-c2cc(F)c(Br)c(F)c2F)cc1N. The van der Waals surface area contributed by atoms with E-state index in [1.165, 1.54) is 10.7 Å². The summed E-state index contributed by atoms with van der Waals surface area (Å²) in [5.41, 5.74) is 5.32. The van der Waals surface area contributed by atoms with E-state index in [0.717, 1.165) is 6.07 Å². The van der Waals surface area contributed by atoms with E-state index in [1.54, 1.807) is 7.05 Å². The monoisotopic (exact) mass is 305 g/mol. The second-order valence-corrected chi connectivity index (χ2v) is 4.22. The Balaban J connectivity index is 2.68. The zero-order valence-corrected chi connectivity index (χ0v) is 10.2. The summed E-state index contributed by atoms with van der Waals surface area (Å²) in [6, 6.07) is 2.20. The van der Waals surface area contributed by atoms with Crippen molar-refractivity contribution in [2.45, 2.75) is 0 Å². The van der Waals surface area contributed by atoms with Crippen molar-refractivity contribution in [1.29, 1.82) is 0 Å². The molecule has 3 nitrogen and oxygen atoms in total. The van der Waals surface area contributed by atoms with Gasteiger partial charge in [-0.1, -0.05) is 0 Å². The van der Waals surface area contributed by atoms with Crippen molar-refractivity contribution in [2.75, 3.05) is 5.73 Å². The van der Waals surface area contributed by atoms with Gasteiger partial charge in [-0.3, -0.25) is 4.68 Å². The molecule has 17 heavy (non-hydrogen) atoms. The molecule has 7 heteroatoms. The van der Waals surface area contributed by atoms with Crippen LogP contribution in [0, 0.1) is 17.5 Å². The normalized spacial score (nSPS) is 10.9. The van der Waals surface area contributed by atoms with E-state index in [-0.39, 0.29) is 17.1 Å². The van der Waals surface area contributed by atoms with Crippen LogP contribution in [-0.4, -0.2) is 9.78 Å². The fourth-order valence-corrected chi connectivity index (χ4v) is 1.66. The van der Waals surface area contributed by atoms with Crippen LogP contribution in [0.2, 0.25) is 0 Å². The number of nitrogens with zero attached hydrogens (tertiary/aromatic N) is 2. The van der Waals surface area contributed by atoms with Gasteiger partial charge in [-0.25, -0.2) is 13.2 Å². The van der Waals surface area contributed by atoms with Crippen molar-refractivity contribution in [3.8, 4) is 11.3 Å². The number of benzene rings is 1. The van der Waals surface area contributed by atoms with Crippen molar-refractivity contribution in [3.63, 3.8) is 0 Å². The van der Waals surface area contributed by atoms with E-state index in [1.807, 2.05) is 0 Å². The molecule has 0 radical (unpaired) electrons. The standard InChI is InChI=1S/C10H7BrF3N3/c1-17-7(15)3-6(16-17)4-2-5(12)8(11)10(14)9(4)13/h2-3H,15H2,1H3. The largest absolute Gasteiger partial charge is 0.384 e. The van der Waals surface area contributed by atoms with Crippen LogP contribution in [0.3, 0.4) is 0 Å². The predicted molar refractivity (Wildman–Crippen MR) is 60.6 cm³/mol. The number of hydrogen-bond acceptors (Lipinski definition) is 2. The lowest BCUT2D eigenvalue weighted by molar-refractivity contribution is 0.490. The molecule has 0 spiro atoms. The number of halogens is 4.